The standard InChI is InChI=1S/C13H11NO/c14-13(15)9-8-11-7-6-10-4-2-1-3-5-12(10)11/h1-9H,(H2,14,15). The smallest absolute Gasteiger partial charge is 0.241 e. The molecule has 0 aromatic heterocycles. The number of hydrogen-bond donors (Lipinski definition) is 1. The molecule has 0 atom stereocenters. The quantitative estimate of drug-likeness (QED) is 0.737. The molecule has 0 bridgehead atoms. The molecule has 0 aliphatic heterocycles. The fourth-order valence-corrected chi connectivity index (χ4v) is 1.56. The predicted octanol–water partition coefficient (Wildman–Crippen LogP) is 2.29. The molecule has 0 saturated heterocycles. The van der Waals surface area contributed by atoms with Crippen LogP contribution in [-0.2, 0) is 4.79 Å². The van der Waals surface area contributed by atoms with Crippen LogP contribution in [0.15, 0.2) is 48.5 Å². The van der Waals surface area contributed by atoms with Crippen LogP contribution in [0.2, 0.25) is 0 Å². The monoisotopic (exact) mass is 197 g/mol. The minimum atomic E-state index is -0.426. The Morgan fingerprint density at radius 3 is 2.67 bits per heavy atom. The zero-order valence-electron chi connectivity index (χ0n) is 8.18. The maximum atomic E-state index is 10.6. The number of carbonyl (C=O) groups excluding carboxylic acids is 1. The molecule has 0 aromatic rings. The zero-order chi connectivity index (χ0) is 10.7. The number of amides is 1. The first kappa shape index (κ1) is 9.46. The lowest BCUT2D eigenvalue weighted by Gasteiger charge is -1.94. The van der Waals surface area contributed by atoms with E-state index in [-0.39, 0.29) is 0 Å². The first-order chi connectivity index (χ1) is 7.27. The molecule has 0 fully saturated rings. The second kappa shape index (κ2) is 3.96. The molecular formula is C13H11NO. The van der Waals surface area contributed by atoms with E-state index in [9.17, 15) is 4.79 Å². The van der Waals surface area contributed by atoms with E-state index in [1.165, 1.54) is 6.08 Å². The van der Waals surface area contributed by atoms with E-state index < -0.39 is 5.91 Å². The topological polar surface area (TPSA) is 43.1 Å². The van der Waals surface area contributed by atoms with Gasteiger partial charge in [0.05, 0.1) is 0 Å². The van der Waals surface area contributed by atoms with Gasteiger partial charge in [-0.05, 0) is 22.8 Å². The fourth-order valence-electron chi connectivity index (χ4n) is 1.56. The van der Waals surface area contributed by atoms with Crippen molar-refractivity contribution in [3.8, 4) is 11.1 Å². The third kappa shape index (κ3) is 2.05. The Balaban J connectivity index is 2.45. The van der Waals surface area contributed by atoms with Gasteiger partial charge in [-0.1, -0.05) is 42.5 Å². The van der Waals surface area contributed by atoms with Crippen molar-refractivity contribution in [3.05, 3.63) is 54.1 Å². The summed E-state index contributed by atoms with van der Waals surface area (Å²) in [5.41, 5.74) is 8.35. The van der Waals surface area contributed by atoms with Crippen LogP contribution in [0.3, 0.4) is 0 Å². The average molecular weight is 197 g/mol. The highest BCUT2D eigenvalue weighted by Crippen LogP contribution is 2.27. The van der Waals surface area contributed by atoms with Crippen LogP contribution in [0.5, 0.6) is 0 Å². The largest absolute Gasteiger partial charge is 0.366 e. The van der Waals surface area contributed by atoms with Crippen molar-refractivity contribution < 1.29 is 4.79 Å². The lowest BCUT2D eigenvalue weighted by molar-refractivity contribution is -0.113. The molecule has 0 radical (unpaired) electrons. The summed E-state index contributed by atoms with van der Waals surface area (Å²) in [5.74, 6) is -0.426. The number of nitrogens with two attached hydrogens (primary N) is 1. The van der Waals surface area contributed by atoms with Gasteiger partial charge in [0.1, 0.15) is 0 Å². The lowest BCUT2D eigenvalue weighted by atomic mass is 10.1. The Hall–Kier alpha value is -2.09. The molecule has 0 aromatic carbocycles. The molecule has 0 spiro atoms. The van der Waals surface area contributed by atoms with Crippen LogP contribution in [0.4, 0.5) is 0 Å². The van der Waals surface area contributed by atoms with Crippen LogP contribution in [0.1, 0.15) is 5.56 Å². The van der Waals surface area contributed by atoms with Crippen molar-refractivity contribution in [2.45, 2.75) is 0 Å². The van der Waals surface area contributed by atoms with Crippen molar-refractivity contribution in [1.29, 1.82) is 0 Å². The molecule has 2 aliphatic carbocycles. The Kier molecular flexibility index (Phi) is 2.50. The van der Waals surface area contributed by atoms with E-state index in [1.54, 1.807) is 6.08 Å². The number of fused-ring (bicyclic) bond motifs is 1. The van der Waals surface area contributed by atoms with Crippen LogP contribution in [0.25, 0.3) is 17.2 Å². The normalized spacial score (nSPS) is 10.9. The Bertz CT molecular complexity index is 488. The van der Waals surface area contributed by atoms with Gasteiger partial charge >= 0.3 is 0 Å². The second-order valence-electron chi connectivity index (χ2n) is 3.30. The Morgan fingerprint density at radius 2 is 1.87 bits per heavy atom. The highest BCUT2D eigenvalue weighted by Gasteiger charge is 2.04. The van der Waals surface area contributed by atoms with Gasteiger partial charge in [-0.2, -0.15) is 0 Å². The Labute approximate surface area is 88.4 Å². The van der Waals surface area contributed by atoms with Gasteiger partial charge in [-0.3, -0.25) is 4.79 Å². The van der Waals surface area contributed by atoms with Crippen LogP contribution >= 0.6 is 0 Å². The predicted molar refractivity (Wildman–Crippen MR) is 61.3 cm³/mol. The summed E-state index contributed by atoms with van der Waals surface area (Å²) in [6, 6.07) is 14.0. The molecule has 2 aliphatic rings. The van der Waals surface area contributed by atoms with E-state index >= 15 is 0 Å². The van der Waals surface area contributed by atoms with Gasteiger partial charge in [0.25, 0.3) is 0 Å². The van der Waals surface area contributed by atoms with E-state index in [2.05, 4.69) is 0 Å². The van der Waals surface area contributed by atoms with Gasteiger partial charge in [-0.25, -0.2) is 0 Å². The van der Waals surface area contributed by atoms with Gasteiger partial charge in [0.15, 0.2) is 0 Å². The van der Waals surface area contributed by atoms with E-state index in [1.807, 2.05) is 42.5 Å². The highest BCUT2D eigenvalue weighted by atomic mass is 16.1. The molecule has 2 rings (SSSR count). The van der Waals surface area contributed by atoms with Crippen molar-refractivity contribution in [3.63, 3.8) is 0 Å². The van der Waals surface area contributed by atoms with E-state index in [0.29, 0.717) is 0 Å². The lowest BCUT2D eigenvalue weighted by Crippen LogP contribution is -2.04. The molecular weight excluding hydrogens is 186 g/mol. The van der Waals surface area contributed by atoms with Crippen LogP contribution in [0, 0.1) is 0 Å². The van der Waals surface area contributed by atoms with Crippen molar-refractivity contribution >= 4 is 12.0 Å². The second-order valence-corrected chi connectivity index (χ2v) is 3.30. The first-order valence-corrected chi connectivity index (χ1v) is 4.72. The third-order valence-corrected chi connectivity index (χ3v) is 2.25. The maximum Gasteiger partial charge on any atom is 0.241 e. The van der Waals surface area contributed by atoms with Crippen LogP contribution < -0.4 is 5.73 Å². The average Bonchev–Trinajstić information content (AvgIpc) is 2.44. The summed E-state index contributed by atoms with van der Waals surface area (Å²) in [4.78, 5) is 10.6. The molecule has 2 N–H and O–H groups in total. The highest BCUT2D eigenvalue weighted by molar-refractivity contribution is 5.92. The number of rotatable bonds is 2. The number of primary amides is 1. The fraction of sp³-hybridized carbons (Fsp3) is 0. The summed E-state index contributed by atoms with van der Waals surface area (Å²) in [6.45, 7) is 0. The first-order valence-electron chi connectivity index (χ1n) is 4.72. The van der Waals surface area contributed by atoms with E-state index in [4.69, 9.17) is 5.73 Å². The van der Waals surface area contributed by atoms with Gasteiger partial charge in [0.2, 0.25) is 5.91 Å². The summed E-state index contributed by atoms with van der Waals surface area (Å²) in [5, 5.41) is 0. The zero-order valence-corrected chi connectivity index (χ0v) is 8.18. The van der Waals surface area contributed by atoms with E-state index in [0.717, 1.165) is 16.7 Å². The molecule has 2 nitrogen and oxygen atoms in total. The third-order valence-electron chi connectivity index (χ3n) is 2.25. The SMILES string of the molecule is NC(=O)C=Cc1ccc2cccccc1-2. The number of hydrogen-bond acceptors (Lipinski definition) is 1. The van der Waals surface area contributed by atoms with Crippen LogP contribution in [-0.4, -0.2) is 5.91 Å². The summed E-state index contributed by atoms with van der Waals surface area (Å²) >= 11 is 0. The molecule has 74 valence electrons. The van der Waals surface area contributed by atoms with Gasteiger partial charge in [-0.15, -0.1) is 0 Å². The van der Waals surface area contributed by atoms with Crippen molar-refractivity contribution in [2.75, 3.05) is 0 Å². The Morgan fingerprint density at radius 1 is 1.07 bits per heavy atom. The number of carbonyl (C=O) groups is 1. The van der Waals surface area contributed by atoms with Crippen molar-refractivity contribution in [2.24, 2.45) is 5.73 Å². The molecule has 2 heteroatoms. The maximum absolute atomic E-state index is 10.6. The minimum absolute atomic E-state index is 0.426. The molecule has 0 heterocycles. The molecule has 0 saturated carbocycles. The van der Waals surface area contributed by atoms with Gasteiger partial charge in [0, 0.05) is 6.08 Å². The van der Waals surface area contributed by atoms with Crippen molar-refractivity contribution in [1.82, 2.24) is 0 Å². The molecule has 1 amide bonds. The molecule has 15 heavy (non-hydrogen) atoms. The summed E-state index contributed by atoms with van der Waals surface area (Å²) in [6.07, 6.45) is 3.12. The van der Waals surface area contributed by atoms with Gasteiger partial charge < -0.3 is 5.73 Å². The summed E-state index contributed by atoms with van der Waals surface area (Å²) in [7, 11) is 0. The minimum Gasteiger partial charge on any atom is -0.366 e. The summed E-state index contributed by atoms with van der Waals surface area (Å²) < 4.78 is 0. The molecule has 0 unspecified atom stereocenters.